The van der Waals surface area contributed by atoms with Gasteiger partial charge in [-0.25, -0.2) is 0 Å². The second-order valence-electron chi connectivity index (χ2n) is 3.41. The molecular weight excluding hydrogens is 166 g/mol. The van der Waals surface area contributed by atoms with Crippen LogP contribution < -0.4 is 5.14 Å². The summed E-state index contributed by atoms with van der Waals surface area (Å²) in [6.07, 6.45) is 9.94. The standard InChI is InChI=1S/C10H17NS/c1-8(9(2)12-11)10-6-4-3-5-7-10/h3-6,8-10H,7,11H2,1-2H3. The van der Waals surface area contributed by atoms with E-state index in [9.17, 15) is 0 Å². The highest BCUT2D eigenvalue weighted by Gasteiger charge is 2.19. The third-order valence-electron chi connectivity index (χ3n) is 2.64. The molecule has 1 aliphatic rings. The fourth-order valence-electron chi connectivity index (χ4n) is 1.46. The van der Waals surface area contributed by atoms with Gasteiger partial charge in [0, 0.05) is 5.25 Å². The van der Waals surface area contributed by atoms with Gasteiger partial charge in [0.2, 0.25) is 0 Å². The highest BCUT2D eigenvalue weighted by atomic mass is 32.2. The molecule has 0 aromatic rings. The van der Waals surface area contributed by atoms with E-state index in [1.807, 2.05) is 0 Å². The molecule has 0 spiro atoms. The smallest absolute Gasteiger partial charge is 0.0193 e. The Balaban J connectivity index is 2.47. The second-order valence-corrected chi connectivity index (χ2v) is 4.43. The van der Waals surface area contributed by atoms with Gasteiger partial charge in [0.25, 0.3) is 0 Å². The monoisotopic (exact) mass is 183 g/mol. The maximum absolute atomic E-state index is 5.55. The molecule has 3 unspecified atom stereocenters. The van der Waals surface area contributed by atoms with E-state index in [2.05, 4.69) is 38.2 Å². The molecule has 0 radical (unpaired) electrons. The molecular formula is C10H17NS. The van der Waals surface area contributed by atoms with Gasteiger partial charge in [-0.2, -0.15) is 0 Å². The number of hydrogen-bond donors (Lipinski definition) is 1. The van der Waals surface area contributed by atoms with E-state index in [1.54, 1.807) is 0 Å². The summed E-state index contributed by atoms with van der Waals surface area (Å²) in [5.41, 5.74) is 0. The van der Waals surface area contributed by atoms with Gasteiger partial charge in [-0.05, 0) is 18.3 Å². The Morgan fingerprint density at radius 2 is 2.17 bits per heavy atom. The predicted molar refractivity (Wildman–Crippen MR) is 56.8 cm³/mol. The Labute approximate surface area is 79.2 Å². The molecule has 1 rings (SSSR count). The number of nitrogens with two attached hydrogens (primary N) is 1. The van der Waals surface area contributed by atoms with Crippen LogP contribution in [0.4, 0.5) is 0 Å². The number of hydrogen-bond acceptors (Lipinski definition) is 2. The van der Waals surface area contributed by atoms with Crippen LogP contribution in [0.1, 0.15) is 20.3 Å². The zero-order valence-electron chi connectivity index (χ0n) is 7.73. The van der Waals surface area contributed by atoms with E-state index in [0.717, 1.165) is 0 Å². The van der Waals surface area contributed by atoms with Crippen LogP contribution in [0.15, 0.2) is 24.3 Å². The van der Waals surface area contributed by atoms with E-state index < -0.39 is 0 Å². The SMILES string of the molecule is CC(SN)C(C)C1C=CC=CC1. The minimum absolute atomic E-state index is 0.547. The largest absolute Gasteiger partial charge is 0.278 e. The van der Waals surface area contributed by atoms with Gasteiger partial charge >= 0.3 is 0 Å². The minimum atomic E-state index is 0.547. The van der Waals surface area contributed by atoms with Gasteiger partial charge in [0.1, 0.15) is 0 Å². The zero-order chi connectivity index (χ0) is 8.97. The van der Waals surface area contributed by atoms with Gasteiger partial charge in [-0.3, -0.25) is 5.14 Å². The van der Waals surface area contributed by atoms with Gasteiger partial charge in [-0.1, -0.05) is 50.1 Å². The molecule has 0 heterocycles. The van der Waals surface area contributed by atoms with E-state index in [0.29, 0.717) is 17.1 Å². The van der Waals surface area contributed by atoms with Crippen molar-refractivity contribution in [1.82, 2.24) is 0 Å². The molecule has 12 heavy (non-hydrogen) atoms. The lowest BCUT2D eigenvalue weighted by Crippen LogP contribution is -2.21. The highest BCUT2D eigenvalue weighted by Crippen LogP contribution is 2.27. The van der Waals surface area contributed by atoms with E-state index in [-0.39, 0.29) is 0 Å². The molecule has 1 nitrogen and oxygen atoms in total. The Kier molecular flexibility index (Phi) is 3.89. The van der Waals surface area contributed by atoms with Gasteiger partial charge in [0.05, 0.1) is 0 Å². The van der Waals surface area contributed by atoms with Crippen LogP contribution in [-0.2, 0) is 0 Å². The lowest BCUT2D eigenvalue weighted by Gasteiger charge is -2.25. The molecule has 3 atom stereocenters. The average molecular weight is 183 g/mol. The average Bonchev–Trinajstić information content (AvgIpc) is 2.17. The molecule has 0 amide bonds. The molecule has 0 aliphatic heterocycles. The van der Waals surface area contributed by atoms with Crippen LogP contribution in [0.2, 0.25) is 0 Å². The van der Waals surface area contributed by atoms with Crippen molar-refractivity contribution in [1.29, 1.82) is 0 Å². The Hall–Kier alpha value is -0.210. The summed E-state index contributed by atoms with van der Waals surface area (Å²) in [5.74, 6) is 1.35. The first-order valence-electron chi connectivity index (χ1n) is 4.44. The highest BCUT2D eigenvalue weighted by molar-refractivity contribution is 7.97. The fraction of sp³-hybridized carbons (Fsp3) is 0.600. The Morgan fingerprint density at radius 1 is 1.42 bits per heavy atom. The summed E-state index contributed by atoms with van der Waals surface area (Å²) in [7, 11) is 0. The normalized spacial score (nSPS) is 27.1. The Morgan fingerprint density at radius 3 is 2.67 bits per heavy atom. The third-order valence-corrected chi connectivity index (χ3v) is 3.50. The van der Waals surface area contributed by atoms with Crippen LogP contribution in [-0.4, -0.2) is 5.25 Å². The van der Waals surface area contributed by atoms with Crippen LogP contribution in [0.25, 0.3) is 0 Å². The van der Waals surface area contributed by atoms with Crippen LogP contribution >= 0.6 is 11.9 Å². The molecule has 0 aromatic carbocycles. The molecule has 68 valence electrons. The van der Waals surface area contributed by atoms with Gasteiger partial charge in [0.15, 0.2) is 0 Å². The first-order chi connectivity index (χ1) is 5.75. The van der Waals surface area contributed by atoms with Crippen molar-refractivity contribution in [3.63, 3.8) is 0 Å². The molecule has 0 aromatic heterocycles. The van der Waals surface area contributed by atoms with Gasteiger partial charge in [-0.15, -0.1) is 0 Å². The summed E-state index contributed by atoms with van der Waals surface area (Å²) < 4.78 is 0. The lowest BCUT2D eigenvalue weighted by molar-refractivity contribution is 0.427. The van der Waals surface area contributed by atoms with Crippen molar-refractivity contribution in [2.45, 2.75) is 25.5 Å². The molecule has 2 heteroatoms. The summed E-state index contributed by atoms with van der Waals surface area (Å²) in [5, 5.41) is 6.10. The van der Waals surface area contributed by atoms with Crippen molar-refractivity contribution >= 4 is 11.9 Å². The van der Waals surface area contributed by atoms with Gasteiger partial charge < -0.3 is 0 Å². The zero-order valence-corrected chi connectivity index (χ0v) is 8.55. The Bertz CT molecular complexity index is 186. The maximum atomic E-state index is 5.55. The molecule has 0 fully saturated rings. The topological polar surface area (TPSA) is 26.0 Å². The maximum Gasteiger partial charge on any atom is 0.0193 e. The van der Waals surface area contributed by atoms with Crippen LogP contribution in [0.3, 0.4) is 0 Å². The predicted octanol–water partition coefficient (Wildman–Crippen LogP) is 2.75. The molecule has 0 bridgehead atoms. The molecule has 1 aliphatic carbocycles. The summed E-state index contributed by atoms with van der Waals surface area (Å²) >= 11 is 1.47. The van der Waals surface area contributed by atoms with Crippen molar-refractivity contribution < 1.29 is 0 Å². The molecule has 0 saturated carbocycles. The third kappa shape index (κ3) is 2.39. The van der Waals surface area contributed by atoms with Crippen molar-refractivity contribution in [3.8, 4) is 0 Å². The van der Waals surface area contributed by atoms with Crippen molar-refractivity contribution in [2.75, 3.05) is 0 Å². The molecule has 0 saturated heterocycles. The van der Waals surface area contributed by atoms with E-state index in [4.69, 9.17) is 5.14 Å². The van der Waals surface area contributed by atoms with Crippen LogP contribution in [0.5, 0.6) is 0 Å². The quantitative estimate of drug-likeness (QED) is 0.681. The number of allylic oxidation sites excluding steroid dienone is 4. The first kappa shape index (κ1) is 9.87. The fourth-order valence-corrected chi connectivity index (χ4v) is 1.91. The first-order valence-corrected chi connectivity index (χ1v) is 5.39. The van der Waals surface area contributed by atoms with E-state index >= 15 is 0 Å². The minimum Gasteiger partial charge on any atom is -0.278 e. The summed E-state index contributed by atoms with van der Waals surface area (Å²) in [6, 6.07) is 0. The second kappa shape index (κ2) is 4.73. The molecule has 2 N–H and O–H groups in total. The summed E-state index contributed by atoms with van der Waals surface area (Å²) in [6.45, 7) is 4.47. The van der Waals surface area contributed by atoms with Crippen LogP contribution in [0, 0.1) is 11.8 Å². The summed E-state index contributed by atoms with van der Waals surface area (Å²) in [4.78, 5) is 0. The lowest BCUT2D eigenvalue weighted by atomic mass is 9.86. The van der Waals surface area contributed by atoms with Crippen molar-refractivity contribution in [3.05, 3.63) is 24.3 Å². The van der Waals surface area contributed by atoms with E-state index in [1.165, 1.54) is 18.4 Å². The number of rotatable bonds is 3. The van der Waals surface area contributed by atoms with Crippen molar-refractivity contribution in [2.24, 2.45) is 17.0 Å².